The molecule has 2 rings (SSSR count). The maximum atomic E-state index is 12.1. The van der Waals surface area contributed by atoms with Crippen molar-refractivity contribution in [3.8, 4) is 17.6 Å². The van der Waals surface area contributed by atoms with Crippen LogP contribution < -0.4 is 15.8 Å². The third kappa shape index (κ3) is 3.32. The van der Waals surface area contributed by atoms with E-state index in [1.165, 1.54) is 6.20 Å². The Morgan fingerprint density at radius 3 is 3.05 bits per heavy atom. The molecule has 1 amide bonds. The van der Waals surface area contributed by atoms with Crippen LogP contribution in [-0.2, 0) is 0 Å². The Labute approximate surface area is 120 Å². The van der Waals surface area contributed by atoms with Gasteiger partial charge >= 0.3 is 0 Å². The lowest BCUT2D eigenvalue weighted by molar-refractivity contribution is 0.102. The first kappa shape index (κ1) is 14.0. The predicted molar refractivity (Wildman–Crippen MR) is 76.8 cm³/mol. The average molecular weight is 288 g/mol. The van der Waals surface area contributed by atoms with Gasteiger partial charge in [-0.3, -0.25) is 4.79 Å². The molecule has 0 saturated carbocycles. The molecule has 0 spiro atoms. The third-order valence-electron chi connectivity index (χ3n) is 2.38. The van der Waals surface area contributed by atoms with Crippen molar-refractivity contribution < 1.29 is 9.53 Å². The van der Waals surface area contributed by atoms with Crippen LogP contribution in [0, 0.1) is 11.8 Å². The smallest absolute Gasteiger partial charge is 0.256 e. The van der Waals surface area contributed by atoms with Crippen LogP contribution in [0.2, 0.25) is 0 Å². The lowest BCUT2D eigenvalue weighted by Crippen LogP contribution is -2.11. The molecule has 0 aliphatic heterocycles. The second-order valence-corrected chi connectivity index (χ2v) is 4.44. The second-order valence-electron chi connectivity index (χ2n) is 3.66. The molecule has 0 fully saturated rings. The van der Waals surface area contributed by atoms with Gasteiger partial charge in [0.2, 0.25) is 0 Å². The van der Waals surface area contributed by atoms with Crippen LogP contribution in [0.25, 0.3) is 0 Å². The minimum Gasteiger partial charge on any atom is -0.495 e. The summed E-state index contributed by atoms with van der Waals surface area (Å²) in [5.74, 6) is 5.96. The van der Waals surface area contributed by atoms with E-state index in [-0.39, 0.29) is 12.5 Å². The molecule has 0 unspecified atom stereocenters. The van der Waals surface area contributed by atoms with Gasteiger partial charge in [-0.2, -0.15) is 0 Å². The van der Waals surface area contributed by atoms with E-state index in [0.29, 0.717) is 21.9 Å². The molecule has 20 heavy (non-hydrogen) atoms. The van der Waals surface area contributed by atoms with Gasteiger partial charge in [-0.05, 0) is 18.2 Å². The number of ether oxygens (including phenoxy) is 1. The summed E-state index contributed by atoms with van der Waals surface area (Å²) < 4.78 is 8.87. The summed E-state index contributed by atoms with van der Waals surface area (Å²) in [6.45, 7) is 0.242. The molecule has 6 nitrogen and oxygen atoms in total. The number of rotatable bonds is 3. The molecule has 1 aromatic carbocycles. The fourth-order valence-corrected chi connectivity index (χ4v) is 1.91. The Bertz CT molecular complexity index is 659. The lowest BCUT2D eigenvalue weighted by atomic mass is 10.1. The molecule has 2 aromatic rings. The van der Waals surface area contributed by atoms with E-state index in [4.69, 9.17) is 10.5 Å². The maximum Gasteiger partial charge on any atom is 0.256 e. The van der Waals surface area contributed by atoms with Gasteiger partial charge in [0.05, 0.1) is 25.4 Å². The zero-order valence-electron chi connectivity index (χ0n) is 10.7. The highest BCUT2D eigenvalue weighted by Gasteiger charge is 2.10. The standard InChI is InChI=1S/C13H12N4O2S/c1-19-11-5-4-10(7-9(11)3-2-6-14)13(18)16-12-8-15-17-20-12/h4-5,7-8H,6,14H2,1H3,(H,16,18). The molecule has 3 N–H and O–H groups in total. The summed E-state index contributed by atoms with van der Waals surface area (Å²) in [5.41, 5.74) is 6.44. The van der Waals surface area contributed by atoms with E-state index in [1.807, 2.05) is 0 Å². The summed E-state index contributed by atoms with van der Waals surface area (Å²) in [4.78, 5) is 12.1. The molecule has 1 heterocycles. The van der Waals surface area contributed by atoms with Crippen LogP contribution in [0.15, 0.2) is 24.4 Å². The maximum absolute atomic E-state index is 12.1. The van der Waals surface area contributed by atoms with Gasteiger partial charge in [0.25, 0.3) is 5.91 Å². The van der Waals surface area contributed by atoms with Gasteiger partial charge in [0.15, 0.2) is 0 Å². The normalized spacial score (nSPS) is 9.50. The first-order valence-corrected chi connectivity index (χ1v) is 6.47. The summed E-state index contributed by atoms with van der Waals surface area (Å²) >= 11 is 1.11. The van der Waals surface area contributed by atoms with Crippen molar-refractivity contribution in [1.29, 1.82) is 0 Å². The number of anilines is 1. The molecule has 0 saturated heterocycles. The fraction of sp³-hybridized carbons (Fsp3) is 0.154. The molecule has 0 bridgehead atoms. The van der Waals surface area contributed by atoms with E-state index in [0.717, 1.165) is 11.5 Å². The second kappa shape index (κ2) is 6.65. The molecule has 0 radical (unpaired) electrons. The number of hydrogen-bond acceptors (Lipinski definition) is 6. The van der Waals surface area contributed by atoms with Crippen molar-refractivity contribution in [2.75, 3.05) is 19.0 Å². The van der Waals surface area contributed by atoms with Gasteiger partial charge in [0, 0.05) is 17.1 Å². The fourth-order valence-electron chi connectivity index (χ4n) is 1.50. The molecule has 0 atom stereocenters. The average Bonchev–Trinajstić information content (AvgIpc) is 2.97. The molecule has 1 aromatic heterocycles. The van der Waals surface area contributed by atoms with E-state index in [9.17, 15) is 4.79 Å². The SMILES string of the molecule is COc1ccc(C(=O)Nc2cnns2)cc1C#CCN. The number of nitrogens with two attached hydrogens (primary N) is 1. The van der Waals surface area contributed by atoms with Crippen molar-refractivity contribution in [2.45, 2.75) is 0 Å². The number of carbonyl (C=O) groups is 1. The summed E-state index contributed by atoms with van der Waals surface area (Å²) in [7, 11) is 1.55. The van der Waals surface area contributed by atoms with Crippen molar-refractivity contribution in [2.24, 2.45) is 5.73 Å². The molecule has 0 aliphatic carbocycles. The Morgan fingerprint density at radius 2 is 2.40 bits per heavy atom. The topological polar surface area (TPSA) is 90.1 Å². The van der Waals surface area contributed by atoms with E-state index < -0.39 is 0 Å². The zero-order valence-corrected chi connectivity index (χ0v) is 11.5. The minimum atomic E-state index is -0.255. The number of aromatic nitrogens is 2. The molecular formula is C13H12N4O2S. The molecule has 102 valence electrons. The van der Waals surface area contributed by atoms with Gasteiger partial charge in [0.1, 0.15) is 10.8 Å². The van der Waals surface area contributed by atoms with Crippen LogP contribution >= 0.6 is 11.5 Å². The summed E-state index contributed by atoms with van der Waals surface area (Å²) in [6.07, 6.45) is 1.49. The van der Waals surface area contributed by atoms with Crippen molar-refractivity contribution in [3.63, 3.8) is 0 Å². The van der Waals surface area contributed by atoms with Gasteiger partial charge in [-0.25, -0.2) is 0 Å². The number of carbonyl (C=O) groups excluding carboxylic acids is 1. The Morgan fingerprint density at radius 1 is 1.55 bits per heavy atom. The van der Waals surface area contributed by atoms with Crippen molar-refractivity contribution >= 4 is 22.4 Å². The zero-order chi connectivity index (χ0) is 14.4. The highest BCUT2D eigenvalue weighted by atomic mass is 32.1. The lowest BCUT2D eigenvalue weighted by Gasteiger charge is -2.06. The minimum absolute atomic E-state index is 0.242. The first-order valence-electron chi connectivity index (χ1n) is 5.70. The number of nitrogens with zero attached hydrogens (tertiary/aromatic N) is 2. The first-order chi connectivity index (χ1) is 9.74. The van der Waals surface area contributed by atoms with Gasteiger partial charge < -0.3 is 15.8 Å². The van der Waals surface area contributed by atoms with Crippen molar-refractivity contribution in [3.05, 3.63) is 35.5 Å². The Balaban J connectivity index is 2.26. The van der Waals surface area contributed by atoms with Crippen molar-refractivity contribution in [1.82, 2.24) is 9.59 Å². The van der Waals surface area contributed by atoms with Crippen LogP contribution in [-0.4, -0.2) is 29.1 Å². The number of benzene rings is 1. The third-order valence-corrected chi connectivity index (χ3v) is 2.96. The predicted octanol–water partition coefficient (Wildman–Crippen LogP) is 1.11. The Kier molecular flexibility index (Phi) is 4.65. The quantitative estimate of drug-likeness (QED) is 0.826. The Hall–Kier alpha value is -2.43. The summed E-state index contributed by atoms with van der Waals surface area (Å²) in [6, 6.07) is 5.02. The number of nitrogens with one attached hydrogen (secondary N) is 1. The van der Waals surface area contributed by atoms with Crippen LogP contribution in [0.4, 0.5) is 5.00 Å². The monoisotopic (exact) mass is 288 g/mol. The number of methoxy groups -OCH3 is 1. The molecular weight excluding hydrogens is 276 g/mol. The van der Waals surface area contributed by atoms with Crippen LogP contribution in [0.3, 0.4) is 0 Å². The number of amides is 1. The van der Waals surface area contributed by atoms with Crippen LogP contribution in [0.1, 0.15) is 15.9 Å². The molecule has 7 heteroatoms. The van der Waals surface area contributed by atoms with Gasteiger partial charge in [-0.1, -0.05) is 16.3 Å². The largest absolute Gasteiger partial charge is 0.495 e. The number of hydrogen-bond donors (Lipinski definition) is 2. The highest BCUT2D eigenvalue weighted by Crippen LogP contribution is 2.20. The van der Waals surface area contributed by atoms with E-state index in [2.05, 4.69) is 26.7 Å². The van der Waals surface area contributed by atoms with Gasteiger partial charge in [-0.15, -0.1) is 5.10 Å². The summed E-state index contributed by atoms with van der Waals surface area (Å²) in [5, 5.41) is 6.94. The van der Waals surface area contributed by atoms with Crippen LogP contribution in [0.5, 0.6) is 5.75 Å². The molecule has 0 aliphatic rings. The highest BCUT2D eigenvalue weighted by molar-refractivity contribution is 7.10. The van der Waals surface area contributed by atoms with E-state index in [1.54, 1.807) is 25.3 Å². The van der Waals surface area contributed by atoms with E-state index >= 15 is 0 Å².